The number of amides is 3. The van der Waals surface area contributed by atoms with E-state index in [4.69, 9.17) is 5.73 Å². The van der Waals surface area contributed by atoms with Crippen LogP contribution in [-0.2, 0) is 4.79 Å². The van der Waals surface area contributed by atoms with E-state index >= 15 is 0 Å². The fourth-order valence-electron chi connectivity index (χ4n) is 1.65. The second kappa shape index (κ2) is 4.84. The summed E-state index contributed by atoms with van der Waals surface area (Å²) >= 11 is 0. The normalized spacial score (nSPS) is 14.6. The van der Waals surface area contributed by atoms with Crippen molar-refractivity contribution in [3.05, 3.63) is 24.3 Å². The third-order valence-corrected chi connectivity index (χ3v) is 2.50. The summed E-state index contributed by atoms with van der Waals surface area (Å²) in [5.74, 6) is -0.239. The molecule has 1 aromatic carbocycles. The van der Waals surface area contributed by atoms with E-state index in [9.17, 15) is 9.59 Å². The van der Waals surface area contributed by atoms with Crippen LogP contribution in [0.1, 0.15) is 0 Å². The van der Waals surface area contributed by atoms with Crippen molar-refractivity contribution in [1.82, 2.24) is 5.32 Å². The van der Waals surface area contributed by atoms with Crippen LogP contribution in [-0.4, -0.2) is 31.6 Å². The molecule has 0 unspecified atom stereocenters. The number of carbonyl (C=O) groups excluding carboxylic acids is 2. The molecule has 2 rings (SSSR count). The fourth-order valence-corrected chi connectivity index (χ4v) is 1.65. The van der Waals surface area contributed by atoms with Crippen LogP contribution in [0, 0.1) is 0 Å². The van der Waals surface area contributed by atoms with Gasteiger partial charge in [-0.05, 0) is 24.3 Å². The van der Waals surface area contributed by atoms with Crippen molar-refractivity contribution < 1.29 is 9.59 Å². The molecule has 1 aromatic rings. The molecule has 0 aromatic heterocycles. The average molecular weight is 234 g/mol. The molecule has 0 aliphatic carbocycles. The average Bonchev–Trinajstić information content (AvgIpc) is 2.76. The van der Waals surface area contributed by atoms with Crippen molar-refractivity contribution in [2.24, 2.45) is 5.73 Å². The van der Waals surface area contributed by atoms with Gasteiger partial charge in [-0.3, -0.25) is 9.69 Å². The van der Waals surface area contributed by atoms with Crippen LogP contribution >= 0.6 is 0 Å². The molecular formula is C11H14N4O2. The number of urea groups is 1. The van der Waals surface area contributed by atoms with Crippen LogP contribution in [0.25, 0.3) is 0 Å². The molecule has 1 fully saturated rings. The molecule has 1 aliphatic heterocycles. The Kier molecular flexibility index (Phi) is 3.24. The smallest absolute Gasteiger partial charge is 0.321 e. The highest BCUT2D eigenvalue weighted by Crippen LogP contribution is 2.19. The molecule has 0 bridgehead atoms. The van der Waals surface area contributed by atoms with Gasteiger partial charge in [0.2, 0.25) is 5.91 Å². The van der Waals surface area contributed by atoms with Crippen LogP contribution in [0.4, 0.5) is 16.2 Å². The molecule has 6 nitrogen and oxygen atoms in total. The largest absolute Gasteiger partial charge is 0.336 e. The van der Waals surface area contributed by atoms with Crippen LogP contribution in [0.2, 0.25) is 0 Å². The minimum absolute atomic E-state index is 0.0454. The first-order valence-electron chi connectivity index (χ1n) is 5.36. The van der Waals surface area contributed by atoms with Gasteiger partial charge in [0.15, 0.2) is 0 Å². The first-order valence-corrected chi connectivity index (χ1v) is 5.36. The highest BCUT2D eigenvalue weighted by Gasteiger charge is 2.20. The van der Waals surface area contributed by atoms with Crippen molar-refractivity contribution in [1.29, 1.82) is 0 Å². The van der Waals surface area contributed by atoms with Crippen LogP contribution < -0.4 is 21.3 Å². The maximum Gasteiger partial charge on any atom is 0.321 e. The van der Waals surface area contributed by atoms with Crippen molar-refractivity contribution >= 4 is 23.3 Å². The van der Waals surface area contributed by atoms with Crippen molar-refractivity contribution in [2.75, 3.05) is 29.9 Å². The minimum Gasteiger partial charge on any atom is -0.336 e. The number of carbonyl (C=O) groups is 2. The van der Waals surface area contributed by atoms with Crippen molar-refractivity contribution in [3.8, 4) is 0 Å². The van der Waals surface area contributed by atoms with Gasteiger partial charge in [0.25, 0.3) is 0 Å². The van der Waals surface area contributed by atoms with E-state index in [0.717, 1.165) is 5.69 Å². The van der Waals surface area contributed by atoms with Gasteiger partial charge >= 0.3 is 6.03 Å². The highest BCUT2D eigenvalue weighted by molar-refractivity contribution is 5.95. The zero-order chi connectivity index (χ0) is 12.3. The Hall–Kier alpha value is -2.08. The Morgan fingerprint density at radius 2 is 2.12 bits per heavy atom. The third kappa shape index (κ3) is 2.54. The third-order valence-electron chi connectivity index (χ3n) is 2.50. The lowest BCUT2D eigenvalue weighted by atomic mass is 10.2. The molecule has 17 heavy (non-hydrogen) atoms. The summed E-state index contributed by atoms with van der Waals surface area (Å²) < 4.78 is 0. The molecule has 1 heterocycles. The summed E-state index contributed by atoms with van der Waals surface area (Å²) in [6.45, 7) is 1.27. The second-order valence-electron chi connectivity index (χ2n) is 3.68. The van der Waals surface area contributed by atoms with E-state index in [1.807, 2.05) is 0 Å². The van der Waals surface area contributed by atoms with Gasteiger partial charge in [-0.1, -0.05) is 0 Å². The molecule has 1 saturated heterocycles. The number of hydrogen-bond donors (Lipinski definition) is 3. The van der Waals surface area contributed by atoms with Gasteiger partial charge in [0, 0.05) is 24.5 Å². The van der Waals surface area contributed by atoms with Crippen LogP contribution in [0.5, 0.6) is 0 Å². The Balaban J connectivity index is 2.07. The molecular weight excluding hydrogens is 220 g/mol. The first-order chi connectivity index (χ1) is 8.20. The van der Waals surface area contributed by atoms with Gasteiger partial charge in [-0.25, -0.2) is 4.79 Å². The van der Waals surface area contributed by atoms with Gasteiger partial charge < -0.3 is 16.4 Å². The van der Waals surface area contributed by atoms with E-state index in [2.05, 4.69) is 10.6 Å². The predicted octanol–water partition coefficient (Wildman–Crippen LogP) is 0.113. The molecule has 0 saturated carbocycles. The number of nitrogens with two attached hydrogens (primary N) is 1. The summed E-state index contributed by atoms with van der Waals surface area (Å²) in [5.41, 5.74) is 6.68. The molecule has 0 spiro atoms. The molecule has 0 radical (unpaired) electrons. The number of rotatable bonds is 3. The van der Waals surface area contributed by atoms with Gasteiger partial charge in [-0.2, -0.15) is 0 Å². The number of nitrogens with zero attached hydrogens (tertiary/aromatic N) is 1. The molecule has 3 amide bonds. The Morgan fingerprint density at radius 1 is 1.41 bits per heavy atom. The van der Waals surface area contributed by atoms with Crippen LogP contribution in [0.15, 0.2) is 24.3 Å². The predicted molar refractivity (Wildman–Crippen MR) is 64.9 cm³/mol. The molecule has 6 heteroatoms. The monoisotopic (exact) mass is 234 g/mol. The summed E-state index contributed by atoms with van der Waals surface area (Å²) in [6.07, 6.45) is 0. The Bertz CT molecular complexity index is 430. The van der Waals surface area contributed by atoms with E-state index in [1.54, 1.807) is 29.2 Å². The zero-order valence-corrected chi connectivity index (χ0v) is 9.27. The van der Waals surface area contributed by atoms with Gasteiger partial charge in [0.05, 0.1) is 6.54 Å². The lowest BCUT2D eigenvalue weighted by Crippen LogP contribution is -2.27. The number of hydrogen-bond acceptors (Lipinski definition) is 3. The number of benzene rings is 1. The molecule has 1 aliphatic rings. The number of anilines is 2. The minimum atomic E-state index is -0.239. The number of nitrogens with one attached hydrogen (secondary N) is 2. The van der Waals surface area contributed by atoms with Gasteiger partial charge in [-0.15, -0.1) is 0 Å². The van der Waals surface area contributed by atoms with E-state index in [1.165, 1.54) is 0 Å². The standard InChI is InChI=1S/C11H14N4O2/c12-7-10(16)14-8-1-3-9(4-2-8)15-6-5-13-11(15)17/h1-4H,5-7,12H2,(H,13,17)(H,14,16). The van der Waals surface area contributed by atoms with Gasteiger partial charge in [0.1, 0.15) is 0 Å². The van der Waals surface area contributed by atoms with Crippen molar-refractivity contribution in [3.63, 3.8) is 0 Å². The quantitative estimate of drug-likeness (QED) is 0.693. The molecule has 0 atom stereocenters. The maximum atomic E-state index is 11.4. The summed E-state index contributed by atoms with van der Waals surface area (Å²) in [7, 11) is 0. The van der Waals surface area contributed by atoms with Crippen molar-refractivity contribution in [2.45, 2.75) is 0 Å². The topological polar surface area (TPSA) is 87.5 Å². The second-order valence-corrected chi connectivity index (χ2v) is 3.68. The maximum absolute atomic E-state index is 11.4. The van der Waals surface area contributed by atoms with E-state index in [-0.39, 0.29) is 18.5 Å². The first kappa shape index (κ1) is 11.4. The summed E-state index contributed by atoms with van der Waals surface area (Å²) in [5, 5.41) is 5.36. The Morgan fingerprint density at radius 3 is 2.65 bits per heavy atom. The lowest BCUT2D eigenvalue weighted by Gasteiger charge is -2.14. The van der Waals surface area contributed by atoms with E-state index < -0.39 is 0 Å². The summed E-state index contributed by atoms with van der Waals surface area (Å²) in [4.78, 5) is 24.1. The fraction of sp³-hybridized carbons (Fsp3) is 0.273. The summed E-state index contributed by atoms with van der Waals surface area (Å²) in [6, 6.07) is 6.97. The highest BCUT2D eigenvalue weighted by atomic mass is 16.2. The SMILES string of the molecule is NCC(=O)Nc1ccc(N2CCNC2=O)cc1. The molecule has 4 N–H and O–H groups in total. The van der Waals surface area contributed by atoms with Crippen LogP contribution in [0.3, 0.4) is 0 Å². The Labute approximate surface area is 98.8 Å². The zero-order valence-electron chi connectivity index (χ0n) is 9.27. The molecule has 90 valence electrons. The van der Waals surface area contributed by atoms with E-state index in [0.29, 0.717) is 18.8 Å². The lowest BCUT2D eigenvalue weighted by molar-refractivity contribution is -0.114.